The van der Waals surface area contributed by atoms with Gasteiger partial charge in [-0.3, -0.25) is 0 Å². The summed E-state index contributed by atoms with van der Waals surface area (Å²) in [5, 5.41) is 0. The molecule has 2 aromatic rings. The molecule has 0 saturated heterocycles. The molecule has 2 rings (SSSR count). The first-order valence-electron chi connectivity index (χ1n) is 5.96. The molecule has 2 aromatic carbocycles. The summed E-state index contributed by atoms with van der Waals surface area (Å²) in [6, 6.07) is 14.7. The maximum atomic E-state index is 12.0. The predicted molar refractivity (Wildman–Crippen MR) is 76.8 cm³/mol. The van der Waals surface area contributed by atoms with E-state index in [2.05, 4.69) is 0 Å². The number of aryl methyl sites for hydroxylation is 2. The standard InChI is InChI=1S/C16H14O2Se/c1-11-3-7-13(8-4-11)15(17)19-16(18)14-9-5-12(2)6-10-14/h3-10H,1-2H3. The van der Waals surface area contributed by atoms with Crippen LogP contribution in [0.1, 0.15) is 31.8 Å². The number of rotatable bonds is 4. The van der Waals surface area contributed by atoms with Crippen LogP contribution in [0.25, 0.3) is 0 Å². The Morgan fingerprint density at radius 3 is 1.32 bits per heavy atom. The van der Waals surface area contributed by atoms with Crippen LogP contribution in [0, 0.1) is 13.8 Å². The van der Waals surface area contributed by atoms with Crippen LogP contribution in [0.5, 0.6) is 0 Å². The van der Waals surface area contributed by atoms with Gasteiger partial charge in [-0.25, -0.2) is 0 Å². The number of benzene rings is 2. The predicted octanol–water partition coefficient (Wildman–Crippen LogP) is 2.99. The SMILES string of the molecule is Cc1ccc(C(=O)[Se]C(=O)c2ccc(C)cc2)cc1. The Morgan fingerprint density at radius 1 is 0.684 bits per heavy atom. The van der Waals surface area contributed by atoms with Crippen LogP contribution < -0.4 is 0 Å². The number of carbonyl (C=O) groups is 2. The third kappa shape index (κ3) is 3.63. The van der Waals surface area contributed by atoms with Gasteiger partial charge in [0, 0.05) is 0 Å². The monoisotopic (exact) mass is 318 g/mol. The molecule has 0 aromatic heterocycles. The minimum absolute atomic E-state index is 0.0712. The van der Waals surface area contributed by atoms with Crippen LogP contribution in [-0.2, 0) is 0 Å². The molecule has 0 bridgehead atoms. The molecule has 96 valence electrons. The van der Waals surface area contributed by atoms with Crippen molar-refractivity contribution in [2.45, 2.75) is 13.8 Å². The van der Waals surface area contributed by atoms with Crippen LogP contribution in [0.3, 0.4) is 0 Å². The molecule has 0 aliphatic heterocycles. The quantitative estimate of drug-likeness (QED) is 0.813. The molecule has 0 aliphatic carbocycles. The van der Waals surface area contributed by atoms with Crippen molar-refractivity contribution in [1.29, 1.82) is 0 Å². The van der Waals surface area contributed by atoms with Crippen molar-refractivity contribution >= 4 is 24.3 Å². The first kappa shape index (κ1) is 13.7. The zero-order chi connectivity index (χ0) is 13.8. The van der Waals surface area contributed by atoms with Crippen molar-refractivity contribution in [3.05, 3.63) is 70.8 Å². The van der Waals surface area contributed by atoms with Crippen LogP contribution in [0.4, 0.5) is 0 Å². The van der Waals surface area contributed by atoms with E-state index in [0.29, 0.717) is 11.1 Å². The summed E-state index contributed by atoms with van der Waals surface area (Å²) in [5.74, 6) is 0. The molecule has 0 spiro atoms. The first-order valence-corrected chi connectivity index (χ1v) is 7.67. The molecule has 19 heavy (non-hydrogen) atoms. The Kier molecular flexibility index (Phi) is 4.31. The van der Waals surface area contributed by atoms with E-state index in [4.69, 9.17) is 0 Å². The Morgan fingerprint density at radius 2 is 1.00 bits per heavy atom. The van der Waals surface area contributed by atoms with E-state index in [9.17, 15) is 9.59 Å². The van der Waals surface area contributed by atoms with Crippen molar-refractivity contribution in [1.82, 2.24) is 0 Å². The zero-order valence-corrected chi connectivity index (χ0v) is 12.6. The van der Waals surface area contributed by atoms with Crippen molar-refractivity contribution in [2.75, 3.05) is 0 Å². The summed E-state index contributed by atoms with van der Waals surface area (Å²) in [5.41, 5.74) is 3.44. The third-order valence-corrected chi connectivity index (χ3v) is 4.53. The van der Waals surface area contributed by atoms with Gasteiger partial charge in [0.15, 0.2) is 0 Å². The topological polar surface area (TPSA) is 34.1 Å². The van der Waals surface area contributed by atoms with Gasteiger partial charge in [-0.1, -0.05) is 0 Å². The summed E-state index contributed by atoms with van der Waals surface area (Å²) in [7, 11) is 0. The van der Waals surface area contributed by atoms with E-state index in [1.165, 1.54) is 0 Å². The van der Waals surface area contributed by atoms with Crippen molar-refractivity contribution < 1.29 is 9.59 Å². The van der Waals surface area contributed by atoms with Gasteiger partial charge in [-0.05, 0) is 0 Å². The molecular weight excluding hydrogens is 303 g/mol. The fourth-order valence-electron chi connectivity index (χ4n) is 1.58. The van der Waals surface area contributed by atoms with Crippen molar-refractivity contribution in [3.63, 3.8) is 0 Å². The van der Waals surface area contributed by atoms with E-state index in [0.717, 1.165) is 11.1 Å². The fraction of sp³-hybridized carbons (Fsp3) is 0.125. The van der Waals surface area contributed by atoms with Crippen LogP contribution in [-0.4, -0.2) is 24.3 Å². The molecule has 3 heteroatoms. The molecule has 0 saturated carbocycles. The summed E-state index contributed by atoms with van der Waals surface area (Å²) < 4.78 is -0.142. The summed E-state index contributed by atoms with van der Waals surface area (Å²) in [6.45, 7) is 3.94. The van der Waals surface area contributed by atoms with E-state index in [-0.39, 0.29) is 9.36 Å². The summed E-state index contributed by atoms with van der Waals surface area (Å²) in [6.07, 6.45) is 0. The Balaban J connectivity index is 2.08. The minimum atomic E-state index is -0.690. The van der Waals surface area contributed by atoms with E-state index >= 15 is 0 Å². The molecular formula is C16H14O2Se. The second-order valence-corrected chi connectivity index (χ2v) is 6.39. The molecule has 0 atom stereocenters. The van der Waals surface area contributed by atoms with Crippen LogP contribution in [0.2, 0.25) is 0 Å². The van der Waals surface area contributed by atoms with Gasteiger partial charge < -0.3 is 0 Å². The Labute approximate surface area is 119 Å². The van der Waals surface area contributed by atoms with Gasteiger partial charge >= 0.3 is 119 Å². The summed E-state index contributed by atoms with van der Waals surface area (Å²) >= 11 is -0.690. The second-order valence-electron chi connectivity index (χ2n) is 4.41. The number of hydrogen-bond donors (Lipinski definition) is 0. The Hall–Kier alpha value is -1.70. The van der Waals surface area contributed by atoms with Crippen molar-refractivity contribution in [2.24, 2.45) is 0 Å². The van der Waals surface area contributed by atoms with Gasteiger partial charge in [0.2, 0.25) is 0 Å². The number of hydrogen-bond acceptors (Lipinski definition) is 2. The van der Waals surface area contributed by atoms with Gasteiger partial charge in [0.25, 0.3) is 0 Å². The fourth-order valence-corrected chi connectivity index (χ4v) is 3.00. The van der Waals surface area contributed by atoms with Gasteiger partial charge in [-0.2, -0.15) is 0 Å². The van der Waals surface area contributed by atoms with E-state index in [1.807, 2.05) is 38.1 Å². The molecule has 0 N–H and O–H groups in total. The average Bonchev–Trinajstić information content (AvgIpc) is 2.40. The van der Waals surface area contributed by atoms with Crippen LogP contribution in [0.15, 0.2) is 48.5 Å². The third-order valence-electron chi connectivity index (χ3n) is 2.76. The molecule has 0 heterocycles. The van der Waals surface area contributed by atoms with E-state index < -0.39 is 15.0 Å². The Bertz CT molecular complexity index is 542. The van der Waals surface area contributed by atoms with Crippen molar-refractivity contribution in [3.8, 4) is 0 Å². The first-order chi connectivity index (χ1) is 9.06. The molecule has 2 nitrogen and oxygen atoms in total. The molecule has 0 fully saturated rings. The maximum absolute atomic E-state index is 12.0. The average molecular weight is 317 g/mol. The zero-order valence-electron chi connectivity index (χ0n) is 10.8. The van der Waals surface area contributed by atoms with Crippen LogP contribution >= 0.6 is 0 Å². The van der Waals surface area contributed by atoms with E-state index in [1.54, 1.807) is 24.3 Å². The molecule has 0 radical (unpaired) electrons. The summed E-state index contributed by atoms with van der Waals surface area (Å²) in [4.78, 5) is 24.0. The van der Waals surface area contributed by atoms with Gasteiger partial charge in [-0.15, -0.1) is 0 Å². The second kappa shape index (κ2) is 5.96. The van der Waals surface area contributed by atoms with Gasteiger partial charge in [0.1, 0.15) is 0 Å². The number of carbonyl (C=O) groups excluding carboxylic acids is 2. The molecule has 0 unspecified atom stereocenters. The molecule has 0 aliphatic rings. The normalized spacial score (nSPS) is 10.2. The molecule has 0 amide bonds. The van der Waals surface area contributed by atoms with Gasteiger partial charge in [0.05, 0.1) is 0 Å².